The zero-order chi connectivity index (χ0) is 28.8. The van der Waals surface area contributed by atoms with Crippen molar-refractivity contribution < 1.29 is 9.47 Å². The van der Waals surface area contributed by atoms with Gasteiger partial charge in [0.25, 0.3) is 10.4 Å². The fourth-order valence-electron chi connectivity index (χ4n) is 4.87. The van der Waals surface area contributed by atoms with Crippen LogP contribution in [0.4, 0.5) is 11.4 Å². The number of ether oxygens (including phenoxy) is 2. The highest BCUT2D eigenvalue weighted by atomic mass is 35.5. The first-order valence-electron chi connectivity index (χ1n) is 12.9. The highest BCUT2D eigenvalue weighted by Gasteiger charge is 2.19. The fourth-order valence-corrected chi connectivity index (χ4v) is 7.99. The molecule has 0 spiro atoms. The second kappa shape index (κ2) is 11.6. The van der Waals surface area contributed by atoms with E-state index in [0.717, 1.165) is 58.5 Å². The average Bonchev–Trinajstić information content (AvgIpc) is 3.57. The number of hydrogen-bond donors (Lipinski definition) is 0. The fraction of sp³-hybridized carbons (Fsp3) is 0.133. The molecule has 1 aliphatic rings. The molecule has 6 aromatic rings. The van der Waals surface area contributed by atoms with Gasteiger partial charge in [0.05, 0.1) is 19.4 Å². The van der Waals surface area contributed by atoms with Crippen LogP contribution in [0.2, 0.25) is 20.1 Å². The van der Waals surface area contributed by atoms with Gasteiger partial charge in [-0.1, -0.05) is 81.2 Å². The summed E-state index contributed by atoms with van der Waals surface area (Å²) in [6, 6.07) is 23.2. The van der Waals surface area contributed by atoms with E-state index in [2.05, 4.69) is 31.9 Å². The lowest BCUT2D eigenvalue weighted by atomic mass is 10.2. The summed E-state index contributed by atoms with van der Waals surface area (Å²) < 4.78 is 14.0. The van der Waals surface area contributed by atoms with Crippen molar-refractivity contribution in [1.82, 2.24) is 9.97 Å². The average molecular weight is 674 g/mol. The summed E-state index contributed by atoms with van der Waals surface area (Å²) in [5, 5.41) is 3.23. The van der Waals surface area contributed by atoms with Crippen LogP contribution in [0.15, 0.2) is 72.8 Å². The number of hydrogen-bond acceptors (Lipinski definition) is 8. The zero-order valence-corrected chi connectivity index (χ0v) is 26.3. The molecule has 7 rings (SSSR count). The van der Waals surface area contributed by atoms with Gasteiger partial charge in [-0.15, -0.1) is 0 Å². The van der Waals surface area contributed by atoms with Gasteiger partial charge >= 0.3 is 0 Å². The van der Waals surface area contributed by atoms with Gasteiger partial charge in [-0.2, -0.15) is 0 Å². The van der Waals surface area contributed by atoms with E-state index in [1.807, 2.05) is 48.5 Å². The maximum Gasteiger partial charge on any atom is 0.279 e. The molecule has 0 amide bonds. The molecular formula is C30H20Cl4N4O2S2. The van der Waals surface area contributed by atoms with E-state index in [4.69, 9.17) is 55.9 Å². The molecule has 0 N–H and O–H groups in total. The zero-order valence-electron chi connectivity index (χ0n) is 21.7. The molecule has 1 aliphatic heterocycles. The first-order valence-corrected chi connectivity index (χ1v) is 16.1. The van der Waals surface area contributed by atoms with Crippen molar-refractivity contribution in [3.63, 3.8) is 0 Å². The van der Waals surface area contributed by atoms with Crippen LogP contribution in [0, 0.1) is 0 Å². The lowest BCUT2D eigenvalue weighted by molar-refractivity contribution is 0.479. The molecule has 212 valence electrons. The lowest BCUT2D eigenvalue weighted by Crippen LogP contribution is -2.46. The third-order valence-corrected chi connectivity index (χ3v) is 9.62. The number of piperazine rings is 1. The Hall–Kier alpha value is -2.98. The quantitative estimate of drug-likeness (QED) is 0.175. The predicted octanol–water partition coefficient (Wildman–Crippen LogP) is 10.4. The van der Waals surface area contributed by atoms with E-state index < -0.39 is 0 Å². The van der Waals surface area contributed by atoms with Crippen molar-refractivity contribution in [3.05, 3.63) is 92.9 Å². The van der Waals surface area contributed by atoms with E-state index in [-0.39, 0.29) is 0 Å². The Labute approximate surface area is 269 Å². The Morgan fingerprint density at radius 2 is 1.00 bits per heavy atom. The Morgan fingerprint density at radius 1 is 0.571 bits per heavy atom. The number of nitrogens with zero attached hydrogens (tertiary/aromatic N) is 4. The second-order valence-electron chi connectivity index (χ2n) is 9.60. The van der Waals surface area contributed by atoms with Gasteiger partial charge in [-0.3, -0.25) is 0 Å². The smallest absolute Gasteiger partial charge is 0.279 e. The number of halogens is 4. The normalized spacial score (nSPS) is 13.7. The molecule has 0 radical (unpaired) electrons. The Kier molecular flexibility index (Phi) is 7.69. The van der Waals surface area contributed by atoms with Crippen molar-refractivity contribution in [1.29, 1.82) is 0 Å². The summed E-state index contributed by atoms with van der Waals surface area (Å²) in [5.41, 5.74) is 3.58. The molecule has 0 bridgehead atoms. The van der Waals surface area contributed by atoms with Gasteiger partial charge in [0, 0.05) is 59.7 Å². The van der Waals surface area contributed by atoms with Crippen molar-refractivity contribution in [2.24, 2.45) is 0 Å². The van der Waals surface area contributed by atoms with Crippen LogP contribution in [0.3, 0.4) is 0 Å². The summed E-state index contributed by atoms with van der Waals surface area (Å²) >= 11 is 27.7. The molecule has 42 heavy (non-hydrogen) atoms. The standard InChI is InChI=1S/C30H20Cl4N4O2S2/c31-17-11-23(33)27-25(13-17)41-29(35-27)39-21-5-1-3-19(15-21)37-7-9-38(10-8-37)20-4-2-6-22(16-20)40-30-36-28-24(34)12-18(32)14-26(28)42-30/h1-6,11-16H,7-10H2. The topological polar surface area (TPSA) is 50.7 Å². The van der Waals surface area contributed by atoms with Crippen LogP contribution >= 0.6 is 69.1 Å². The highest BCUT2D eigenvalue weighted by molar-refractivity contribution is 7.20. The minimum atomic E-state index is 0.513. The van der Waals surface area contributed by atoms with Crippen molar-refractivity contribution in [3.8, 4) is 21.9 Å². The first kappa shape index (κ1) is 27.8. The van der Waals surface area contributed by atoms with Gasteiger partial charge in [0.15, 0.2) is 0 Å². The molecule has 12 heteroatoms. The number of thiazole rings is 2. The van der Waals surface area contributed by atoms with E-state index in [1.165, 1.54) is 22.7 Å². The number of rotatable bonds is 6. The summed E-state index contributed by atoms with van der Waals surface area (Å²) in [5.74, 6) is 1.44. The summed E-state index contributed by atoms with van der Waals surface area (Å²) in [6.07, 6.45) is 0. The van der Waals surface area contributed by atoms with Crippen molar-refractivity contribution >= 4 is 101 Å². The summed E-state index contributed by atoms with van der Waals surface area (Å²) in [7, 11) is 0. The lowest BCUT2D eigenvalue weighted by Gasteiger charge is -2.37. The van der Waals surface area contributed by atoms with Gasteiger partial charge in [-0.05, 0) is 48.5 Å². The van der Waals surface area contributed by atoms with E-state index in [1.54, 1.807) is 12.1 Å². The van der Waals surface area contributed by atoms with Crippen LogP contribution in [0.25, 0.3) is 20.4 Å². The maximum atomic E-state index is 6.31. The minimum Gasteiger partial charge on any atom is -0.431 e. The molecule has 1 fully saturated rings. The molecule has 6 nitrogen and oxygen atoms in total. The molecule has 0 unspecified atom stereocenters. The third-order valence-electron chi connectivity index (χ3n) is 6.84. The predicted molar refractivity (Wildman–Crippen MR) is 177 cm³/mol. The largest absolute Gasteiger partial charge is 0.431 e. The second-order valence-corrected chi connectivity index (χ2v) is 13.3. The number of benzene rings is 4. The van der Waals surface area contributed by atoms with Gasteiger partial charge in [0.1, 0.15) is 22.5 Å². The first-order chi connectivity index (χ1) is 20.4. The summed E-state index contributed by atoms with van der Waals surface area (Å²) in [6.45, 7) is 3.45. The highest BCUT2D eigenvalue weighted by Crippen LogP contribution is 2.39. The number of aromatic nitrogens is 2. The maximum absolute atomic E-state index is 6.31. The van der Waals surface area contributed by atoms with E-state index in [9.17, 15) is 0 Å². The summed E-state index contributed by atoms with van der Waals surface area (Å²) in [4.78, 5) is 13.8. The van der Waals surface area contributed by atoms with E-state index >= 15 is 0 Å². The molecule has 3 heterocycles. The van der Waals surface area contributed by atoms with Gasteiger partial charge in [-0.25, -0.2) is 9.97 Å². The molecular weight excluding hydrogens is 654 g/mol. The number of fused-ring (bicyclic) bond motifs is 2. The van der Waals surface area contributed by atoms with Crippen LogP contribution in [-0.2, 0) is 0 Å². The molecule has 0 saturated carbocycles. The van der Waals surface area contributed by atoms with Crippen LogP contribution < -0.4 is 19.3 Å². The van der Waals surface area contributed by atoms with Crippen LogP contribution in [0.1, 0.15) is 0 Å². The molecule has 4 aromatic carbocycles. The molecule has 0 aliphatic carbocycles. The monoisotopic (exact) mass is 672 g/mol. The van der Waals surface area contributed by atoms with Crippen LogP contribution in [-0.4, -0.2) is 36.1 Å². The minimum absolute atomic E-state index is 0.513. The van der Waals surface area contributed by atoms with Gasteiger partial charge in [0.2, 0.25) is 0 Å². The SMILES string of the molecule is Clc1cc(Cl)c2nc(Oc3cccc(N4CCN(c5cccc(Oc6nc7c(Cl)cc(Cl)cc7s6)c5)CC4)c3)sc2c1. The Morgan fingerprint density at radius 3 is 1.43 bits per heavy atom. The third kappa shape index (κ3) is 5.80. The van der Waals surface area contributed by atoms with Crippen LogP contribution in [0.5, 0.6) is 21.9 Å². The molecule has 0 atom stereocenters. The number of anilines is 2. The molecule has 1 saturated heterocycles. The van der Waals surface area contributed by atoms with E-state index in [0.29, 0.717) is 41.5 Å². The Bertz CT molecular complexity index is 1800. The Balaban J connectivity index is 1.01. The van der Waals surface area contributed by atoms with Crippen molar-refractivity contribution in [2.45, 2.75) is 0 Å². The van der Waals surface area contributed by atoms with Crippen molar-refractivity contribution in [2.75, 3.05) is 36.0 Å². The van der Waals surface area contributed by atoms with Gasteiger partial charge < -0.3 is 19.3 Å². The molecule has 2 aromatic heterocycles.